The zero-order valence-corrected chi connectivity index (χ0v) is 36.8. The van der Waals surface area contributed by atoms with Crippen molar-refractivity contribution in [1.82, 2.24) is 19.5 Å². The van der Waals surface area contributed by atoms with Gasteiger partial charge in [-0.3, -0.25) is 0 Å². The molecule has 13 rings (SSSR count). The number of benzene rings is 10. The molecule has 0 aliphatic heterocycles. The number of para-hydroxylation sites is 1. The lowest BCUT2D eigenvalue weighted by molar-refractivity contribution is 0.669. The third-order valence-corrected chi connectivity index (χ3v) is 13.0. The lowest BCUT2D eigenvalue weighted by atomic mass is 9.99. The molecule has 3 aromatic heterocycles. The monoisotopic (exact) mass is 868 g/mol. The predicted octanol–water partition coefficient (Wildman–Crippen LogP) is 16.5. The van der Waals surface area contributed by atoms with Gasteiger partial charge in [0.15, 0.2) is 17.5 Å². The van der Waals surface area contributed by atoms with E-state index >= 15 is 0 Å². The molecule has 0 unspecified atom stereocenters. The highest BCUT2D eigenvalue weighted by atomic mass is 16.3. The third kappa shape index (κ3) is 6.93. The Hall–Kier alpha value is -9.19. The van der Waals surface area contributed by atoms with Crippen LogP contribution in [0.4, 0.5) is 0 Å². The molecule has 0 bridgehead atoms. The van der Waals surface area contributed by atoms with E-state index in [4.69, 9.17) is 19.4 Å². The molecule has 318 valence electrons. The van der Waals surface area contributed by atoms with Gasteiger partial charge in [-0.15, -0.1) is 0 Å². The van der Waals surface area contributed by atoms with Crippen LogP contribution < -0.4 is 0 Å². The summed E-state index contributed by atoms with van der Waals surface area (Å²) in [5.41, 5.74) is 16.8. The molecular formula is C63H40N4O. The number of furan rings is 1. The van der Waals surface area contributed by atoms with Gasteiger partial charge in [-0.2, -0.15) is 0 Å². The largest absolute Gasteiger partial charge is 0.456 e. The van der Waals surface area contributed by atoms with E-state index < -0.39 is 0 Å². The van der Waals surface area contributed by atoms with Crippen molar-refractivity contribution in [3.05, 3.63) is 243 Å². The van der Waals surface area contributed by atoms with Crippen molar-refractivity contribution in [1.29, 1.82) is 0 Å². The molecule has 0 N–H and O–H groups in total. The minimum Gasteiger partial charge on any atom is -0.456 e. The van der Waals surface area contributed by atoms with Gasteiger partial charge in [-0.1, -0.05) is 176 Å². The Balaban J connectivity index is 0.955. The summed E-state index contributed by atoms with van der Waals surface area (Å²) in [6.45, 7) is 0. The molecule has 0 aliphatic carbocycles. The van der Waals surface area contributed by atoms with E-state index in [0.29, 0.717) is 17.5 Å². The fourth-order valence-electron chi connectivity index (χ4n) is 9.76. The zero-order chi connectivity index (χ0) is 45.0. The van der Waals surface area contributed by atoms with Gasteiger partial charge in [-0.05, 0) is 111 Å². The highest BCUT2D eigenvalue weighted by molar-refractivity contribution is 6.27. The summed E-state index contributed by atoms with van der Waals surface area (Å²) in [4.78, 5) is 15.6. The summed E-state index contributed by atoms with van der Waals surface area (Å²) < 4.78 is 9.03. The van der Waals surface area contributed by atoms with Gasteiger partial charge in [0.25, 0.3) is 0 Å². The van der Waals surface area contributed by atoms with Crippen molar-refractivity contribution in [2.75, 3.05) is 0 Å². The van der Waals surface area contributed by atoms with E-state index in [0.717, 1.165) is 88.4 Å². The van der Waals surface area contributed by atoms with E-state index in [9.17, 15) is 0 Å². The number of nitrogens with zero attached hydrogens (tertiary/aromatic N) is 4. The highest BCUT2D eigenvalue weighted by Gasteiger charge is 2.21. The molecular weight excluding hydrogens is 829 g/mol. The van der Waals surface area contributed by atoms with Crippen molar-refractivity contribution in [3.63, 3.8) is 0 Å². The van der Waals surface area contributed by atoms with Crippen molar-refractivity contribution >= 4 is 43.7 Å². The molecule has 68 heavy (non-hydrogen) atoms. The Kier molecular flexibility index (Phi) is 9.43. The molecule has 13 aromatic rings. The first-order valence-corrected chi connectivity index (χ1v) is 22.9. The summed E-state index contributed by atoms with van der Waals surface area (Å²) in [5.74, 6) is 1.79. The van der Waals surface area contributed by atoms with Crippen molar-refractivity contribution in [2.45, 2.75) is 0 Å². The quantitative estimate of drug-likeness (QED) is 0.153. The second-order valence-electron chi connectivity index (χ2n) is 17.2. The predicted molar refractivity (Wildman–Crippen MR) is 279 cm³/mol. The van der Waals surface area contributed by atoms with Crippen LogP contribution >= 0.6 is 0 Å². The molecule has 0 amide bonds. The summed E-state index contributed by atoms with van der Waals surface area (Å²) >= 11 is 0. The smallest absolute Gasteiger partial charge is 0.164 e. The maximum absolute atomic E-state index is 6.66. The number of hydrogen-bond acceptors (Lipinski definition) is 4. The van der Waals surface area contributed by atoms with E-state index in [1.54, 1.807) is 0 Å². The molecule has 0 atom stereocenters. The average molecular weight is 869 g/mol. The van der Waals surface area contributed by atoms with Crippen LogP contribution in [0.5, 0.6) is 0 Å². The fourth-order valence-corrected chi connectivity index (χ4v) is 9.76. The van der Waals surface area contributed by atoms with Crippen LogP contribution in [0, 0.1) is 0 Å². The van der Waals surface area contributed by atoms with Crippen LogP contribution in [0.1, 0.15) is 0 Å². The first-order valence-electron chi connectivity index (χ1n) is 22.9. The van der Waals surface area contributed by atoms with Gasteiger partial charge < -0.3 is 8.98 Å². The van der Waals surface area contributed by atoms with E-state index in [2.05, 4.69) is 235 Å². The third-order valence-electron chi connectivity index (χ3n) is 13.0. The molecule has 0 saturated carbocycles. The number of hydrogen-bond donors (Lipinski definition) is 0. The molecule has 0 aliphatic rings. The highest BCUT2D eigenvalue weighted by Crippen LogP contribution is 2.43. The fraction of sp³-hybridized carbons (Fsp3) is 0. The Morgan fingerprint density at radius 2 is 0.676 bits per heavy atom. The molecule has 5 nitrogen and oxygen atoms in total. The number of fused-ring (bicyclic) bond motifs is 7. The van der Waals surface area contributed by atoms with E-state index in [1.165, 1.54) is 22.3 Å². The maximum Gasteiger partial charge on any atom is 0.164 e. The van der Waals surface area contributed by atoms with Gasteiger partial charge in [0.1, 0.15) is 11.2 Å². The first-order chi connectivity index (χ1) is 33.7. The Morgan fingerprint density at radius 1 is 0.265 bits per heavy atom. The Morgan fingerprint density at radius 3 is 1.22 bits per heavy atom. The van der Waals surface area contributed by atoms with Crippen molar-refractivity contribution in [3.8, 4) is 84.4 Å². The lowest BCUT2D eigenvalue weighted by Crippen LogP contribution is -2.00. The van der Waals surface area contributed by atoms with Crippen molar-refractivity contribution in [2.24, 2.45) is 0 Å². The normalized spacial score (nSPS) is 11.5. The van der Waals surface area contributed by atoms with Gasteiger partial charge in [-0.25, -0.2) is 15.0 Å². The van der Waals surface area contributed by atoms with Crippen LogP contribution in [-0.2, 0) is 0 Å². The second-order valence-corrected chi connectivity index (χ2v) is 17.2. The minimum absolute atomic E-state index is 0.584. The molecule has 10 aromatic carbocycles. The van der Waals surface area contributed by atoms with Crippen LogP contribution in [0.25, 0.3) is 128 Å². The van der Waals surface area contributed by atoms with Crippen LogP contribution in [-0.4, -0.2) is 19.5 Å². The van der Waals surface area contributed by atoms with Crippen LogP contribution in [0.15, 0.2) is 247 Å². The molecule has 0 saturated heterocycles. The summed E-state index contributed by atoms with van der Waals surface area (Å²) in [7, 11) is 0. The first kappa shape index (κ1) is 39.2. The topological polar surface area (TPSA) is 56.7 Å². The van der Waals surface area contributed by atoms with Crippen LogP contribution in [0.3, 0.4) is 0 Å². The maximum atomic E-state index is 6.66. The number of aromatic nitrogens is 4. The molecule has 5 heteroatoms. The second kappa shape index (κ2) is 16.4. The van der Waals surface area contributed by atoms with Crippen LogP contribution in [0.2, 0.25) is 0 Å². The zero-order valence-electron chi connectivity index (χ0n) is 36.8. The minimum atomic E-state index is 0.584. The number of rotatable bonds is 8. The van der Waals surface area contributed by atoms with Crippen molar-refractivity contribution < 1.29 is 4.42 Å². The summed E-state index contributed by atoms with van der Waals surface area (Å²) in [5, 5.41) is 4.35. The Bertz CT molecular complexity index is 3900. The standard InChI is InChI=1S/C63H40N4O/c1-4-15-41(16-5-1)45-21-12-22-46(37-45)44-29-32-52(33-30-44)67-55-28-11-10-27-53(55)59-56(67)34-36-58-60(59)54-40-51(31-35-57(54)68-58)63-65-61(49-25-13-23-47(38-49)42-17-6-2-7-18-42)64-62(66-63)50-26-14-24-48(39-50)43-19-8-3-9-20-43/h1-40H. The van der Waals surface area contributed by atoms with E-state index in [-0.39, 0.29) is 0 Å². The SMILES string of the molecule is c1ccc(-c2cccc(-c3ccc(-n4c5ccccc5c5c6c(ccc54)oc4ccc(-c5nc(-c7cccc(-c8ccccc8)c7)nc(-c7cccc(-c8ccccc8)c7)n5)cc46)cc3)c2)cc1. The molecule has 3 heterocycles. The average Bonchev–Trinajstić information content (AvgIpc) is 3.97. The summed E-state index contributed by atoms with van der Waals surface area (Å²) in [6, 6.07) is 85.2. The van der Waals surface area contributed by atoms with E-state index in [1.807, 2.05) is 12.1 Å². The van der Waals surface area contributed by atoms with Gasteiger partial charge in [0.2, 0.25) is 0 Å². The van der Waals surface area contributed by atoms with Gasteiger partial charge >= 0.3 is 0 Å². The summed E-state index contributed by atoms with van der Waals surface area (Å²) in [6.07, 6.45) is 0. The van der Waals surface area contributed by atoms with Gasteiger partial charge in [0.05, 0.1) is 11.0 Å². The lowest BCUT2D eigenvalue weighted by Gasteiger charge is -2.11. The molecule has 0 spiro atoms. The Labute approximate surface area is 392 Å². The molecule has 0 fully saturated rings. The van der Waals surface area contributed by atoms with Gasteiger partial charge in [0, 0.05) is 43.9 Å². The molecule has 0 radical (unpaired) electrons.